The summed E-state index contributed by atoms with van der Waals surface area (Å²) in [5.74, 6) is 1.13. The standard InChI is InChI=1S/C25H24N4O2/c1-16-22(15-27-17(2)28-16)31-25(19-10-4-3-5-11-19)14-20(25)24(30)29-21-12-6-8-18-9-7-13-26-23(18)21/h3-10,12-13,15,19-20H,11,14H2,1-2H3,(H,29,30)/t19?,20-,25+/m0/s1. The molecule has 0 aliphatic heterocycles. The lowest BCUT2D eigenvalue weighted by atomic mass is 9.90. The number of allylic oxidation sites excluding steroid dienone is 3. The molecule has 156 valence electrons. The average molecular weight is 412 g/mol. The first-order valence-corrected chi connectivity index (χ1v) is 10.5. The first kappa shape index (κ1) is 19.4. The molecule has 3 atom stereocenters. The van der Waals surface area contributed by atoms with Gasteiger partial charge in [0, 0.05) is 23.9 Å². The van der Waals surface area contributed by atoms with E-state index in [-0.39, 0.29) is 17.7 Å². The smallest absolute Gasteiger partial charge is 0.231 e. The number of hydrogen-bond donors (Lipinski definition) is 1. The van der Waals surface area contributed by atoms with E-state index >= 15 is 0 Å². The van der Waals surface area contributed by atoms with Crippen LogP contribution in [0.5, 0.6) is 5.75 Å². The number of nitrogens with one attached hydrogen (secondary N) is 1. The monoisotopic (exact) mass is 412 g/mol. The number of benzene rings is 1. The maximum atomic E-state index is 13.3. The summed E-state index contributed by atoms with van der Waals surface area (Å²) in [7, 11) is 0. The Morgan fingerprint density at radius 1 is 1.16 bits per heavy atom. The van der Waals surface area contributed by atoms with Crippen molar-refractivity contribution in [3.8, 4) is 5.75 Å². The van der Waals surface area contributed by atoms with Gasteiger partial charge in [-0.05, 0) is 32.4 Å². The van der Waals surface area contributed by atoms with Crippen LogP contribution < -0.4 is 10.1 Å². The third-order valence-corrected chi connectivity index (χ3v) is 6.12. The third kappa shape index (κ3) is 3.58. The molecule has 0 bridgehead atoms. The SMILES string of the molecule is Cc1ncc(O[C@@]2(C3C=CC=CC3)C[C@H]2C(=O)Nc2cccc3cccnc23)c(C)n1. The fraction of sp³-hybridized carbons (Fsp3) is 0.280. The van der Waals surface area contributed by atoms with Crippen LogP contribution in [0, 0.1) is 25.7 Å². The van der Waals surface area contributed by atoms with Crippen LogP contribution in [0.4, 0.5) is 5.69 Å². The topological polar surface area (TPSA) is 77.0 Å². The maximum absolute atomic E-state index is 13.3. The molecule has 3 aromatic rings. The van der Waals surface area contributed by atoms with Gasteiger partial charge in [0.15, 0.2) is 5.75 Å². The Hall–Kier alpha value is -3.54. The highest BCUT2D eigenvalue weighted by molar-refractivity contribution is 6.02. The molecule has 0 radical (unpaired) electrons. The fourth-order valence-corrected chi connectivity index (χ4v) is 4.42. The zero-order valence-corrected chi connectivity index (χ0v) is 17.6. The van der Waals surface area contributed by atoms with Gasteiger partial charge in [-0.3, -0.25) is 9.78 Å². The molecule has 1 fully saturated rings. The third-order valence-electron chi connectivity index (χ3n) is 6.12. The molecule has 5 rings (SSSR count). The Morgan fingerprint density at radius 2 is 2.03 bits per heavy atom. The average Bonchev–Trinajstić information content (AvgIpc) is 3.52. The van der Waals surface area contributed by atoms with Crippen LogP contribution in [-0.4, -0.2) is 26.5 Å². The summed E-state index contributed by atoms with van der Waals surface area (Å²) in [4.78, 5) is 26.5. The molecule has 2 aromatic heterocycles. The van der Waals surface area contributed by atoms with Crippen molar-refractivity contribution in [2.75, 3.05) is 5.32 Å². The van der Waals surface area contributed by atoms with E-state index in [9.17, 15) is 4.79 Å². The number of hydrogen-bond acceptors (Lipinski definition) is 5. The van der Waals surface area contributed by atoms with E-state index in [1.54, 1.807) is 12.4 Å². The number of aryl methyl sites for hydroxylation is 2. The second-order valence-corrected chi connectivity index (χ2v) is 8.21. The summed E-state index contributed by atoms with van der Waals surface area (Å²) in [6, 6.07) is 9.68. The molecular formula is C25H24N4O2. The Morgan fingerprint density at radius 3 is 2.84 bits per heavy atom. The molecule has 2 aliphatic carbocycles. The molecule has 1 saturated carbocycles. The van der Waals surface area contributed by atoms with E-state index in [2.05, 4.69) is 32.4 Å². The number of pyridine rings is 1. The number of rotatable bonds is 5. The zero-order valence-electron chi connectivity index (χ0n) is 17.6. The van der Waals surface area contributed by atoms with Crippen LogP contribution in [0.2, 0.25) is 0 Å². The number of aromatic nitrogens is 3. The summed E-state index contributed by atoms with van der Waals surface area (Å²) in [6.45, 7) is 3.76. The van der Waals surface area contributed by atoms with Crippen LogP contribution in [0.3, 0.4) is 0 Å². The van der Waals surface area contributed by atoms with Crippen molar-refractivity contribution in [1.82, 2.24) is 15.0 Å². The Bertz CT molecular complexity index is 1210. The van der Waals surface area contributed by atoms with Crippen LogP contribution >= 0.6 is 0 Å². The molecule has 0 saturated heterocycles. The highest BCUT2D eigenvalue weighted by Gasteiger charge is 2.64. The first-order chi connectivity index (χ1) is 15.1. The number of ether oxygens (including phenoxy) is 1. The van der Waals surface area contributed by atoms with Crippen molar-refractivity contribution in [3.05, 3.63) is 78.5 Å². The van der Waals surface area contributed by atoms with Crippen LogP contribution in [-0.2, 0) is 4.79 Å². The normalized spacial score (nSPS) is 24.2. The molecular weight excluding hydrogens is 388 g/mol. The van der Waals surface area contributed by atoms with Gasteiger partial charge >= 0.3 is 0 Å². The molecule has 1 aromatic carbocycles. The van der Waals surface area contributed by atoms with E-state index in [0.717, 1.165) is 28.7 Å². The number of carbonyl (C=O) groups excluding carboxylic acids is 1. The lowest BCUT2D eigenvalue weighted by molar-refractivity contribution is -0.119. The number of carbonyl (C=O) groups is 1. The zero-order chi connectivity index (χ0) is 21.4. The van der Waals surface area contributed by atoms with Crippen LogP contribution in [0.25, 0.3) is 10.9 Å². The van der Waals surface area contributed by atoms with Gasteiger partial charge in [-0.2, -0.15) is 0 Å². The Balaban J connectivity index is 1.43. The van der Waals surface area contributed by atoms with Crippen LogP contribution in [0.15, 0.2) is 67.0 Å². The van der Waals surface area contributed by atoms with Crippen molar-refractivity contribution in [2.24, 2.45) is 11.8 Å². The number of anilines is 1. The van der Waals surface area contributed by atoms with Crippen molar-refractivity contribution in [2.45, 2.75) is 32.3 Å². The quantitative estimate of drug-likeness (QED) is 0.665. The lowest BCUT2D eigenvalue weighted by Gasteiger charge is -2.28. The first-order valence-electron chi connectivity index (χ1n) is 10.5. The van der Waals surface area contributed by atoms with Gasteiger partial charge in [-0.25, -0.2) is 9.97 Å². The molecule has 1 N–H and O–H groups in total. The summed E-state index contributed by atoms with van der Waals surface area (Å²) < 4.78 is 6.51. The fourth-order valence-electron chi connectivity index (χ4n) is 4.42. The molecule has 1 amide bonds. The number of para-hydroxylation sites is 1. The van der Waals surface area contributed by atoms with Gasteiger partial charge in [0.05, 0.1) is 29.0 Å². The lowest BCUT2D eigenvalue weighted by Crippen LogP contribution is -2.35. The van der Waals surface area contributed by atoms with Gasteiger partial charge in [-0.15, -0.1) is 0 Å². The van der Waals surface area contributed by atoms with E-state index in [1.807, 2.05) is 56.3 Å². The second kappa shape index (κ2) is 7.61. The summed E-state index contributed by atoms with van der Waals surface area (Å²) >= 11 is 0. The molecule has 1 unspecified atom stereocenters. The van der Waals surface area contributed by atoms with Crippen molar-refractivity contribution < 1.29 is 9.53 Å². The second-order valence-electron chi connectivity index (χ2n) is 8.21. The van der Waals surface area contributed by atoms with E-state index < -0.39 is 5.60 Å². The van der Waals surface area contributed by atoms with E-state index in [4.69, 9.17) is 4.74 Å². The minimum absolute atomic E-state index is 0.0493. The van der Waals surface area contributed by atoms with E-state index in [0.29, 0.717) is 18.0 Å². The summed E-state index contributed by atoms with van der Waals surface area (Å²) in [5, 5.41) is 4.09. The molecule has 6 heteroatoms. The number of nitrogens with zero attached hydrogens (tertiary/aromatic N) is 3. The van der Waals surface area contributed by atoms with Crippen molar-refractivity contribution in [3.63, 3.8) is 0 Å². The summed E-state index contributed by atoms with van der Waals surface area (Å²) in [6.07, 6.45) is 13.2. The Kier molecular flexibility index (Phi) is 4.77. The molecule has 2 heterocycles. The number of fused-ring (bicyclic) bond motifs is 1. The molecule has 2 aliphatic rings. The van der Waals surface area contributed by atoms with Crippen LogP contribution in [0.1, 0.15) is 24.4 Å². The molecule has 31 heavy (non-hydrogen) atoms. The molecule has 6 nitrogen and oxygen atoms in total. The molecule has 0 spiro atoms. The van der Waals surface area contributed by atoms with Gasteiger partial charge in [0.1, 0.15) is 11.4 Å². The number of amides is 1. The highest BCUT2D eigenvalue weighted by Crippen LogP contribution is 2.55. The predicted octanol–water partition coefficient (Wildman–Crippen LogP) is 4.55. The van der Waals surface area contributed by atoms with Gasteiger partial charge < -0.3 is 10.1 Å². The van der Waals surface area contributed by atoms with Gasteiger partial charge in [0.2, 0.25) is 5.91 Å². The van der Waals surface area contributed by atoms with Crippen molar-refractivity contribution >= 4 is 22.5 Å². The summed E-state index contributed by atoms with van der Waals surface area (Å²) in [5.41, 5.74) is 1.69. The van der Waals surface area contributed by atoms with Crippen molar-refractivity contribution in [1.29, 1.82) is 0 Å². The minimum Gasteiger partial charge on any atom is -0.482 e. The maximum Gasteiger partial charge on any atom is 0.231 e. The highest BCUT2D eigenvalue weighted by atomic mass is 16.5. The minimum atomic E-state index is -0.604. The Labute approximate surface area is 181 Å². The predicted molar refractivity (Wildman–Crippen MR) is 120 cm³/mol. The largest absolute Gasteiger partial charge is 0.482 e. The van der Waals surface area contributed by atoms with Gasteiger partial charge in [-0.1, -0.05) is 42.5 Å². The van der Waals surface area contributed by atoms with E-state index in [1.165, 1.54) is 0 Å². The van der Waals surface area contributed by atoms with Gasteiger partial charge in [0.25, 0.3) is 0 Å².